The quantitative estimate of drug-likeness (QED) is 0.827. The third-order valence-corrected chi connectivity index (χ3v) is 3.28. The molecule has 0 saturated carbocycles. The fourth-order valence-corrected chi connectivity index (χ4v) is 2.42. The Morgan fingerprint density at radius 2 is 2.23 bits per heavy atom. The minimum atomic E-state index is -0.889. The van der Waals surface area contributed by atoms with Gasteiger partial charge in [-0.1, -0.05) is 6.92 Å². The van der Waals surface area contributed by atoms with Crippen LogP contribution in [0.25, 0.3) is 0 Å². The summed E-state index contributed by atoms with van der Waals surface area (Å²) in [5.74, 6) is -0.889. The van der Waals surface area contributed by atoms with Crippen molar-refractivity contribution in [1.82, 2.24) is 0 Å². The minimum Gasteiger partial charge on any atom is -0.478 e. The minimum absolute atomic E-state index is 0.337. The number of carboxylic acid groups (broad SMARTS) is 1. The van der Waals surface area contributed by atoms with Gasteiger partial charge in [0.25, 0.3) is 0 Å². The molecule has 0 saturated heterocycles. The lowest BCUT2D eigenvalue weighted by Gasteiger charge is -2.05. The lowest BCUT2D eigenvalue weighted by atomic mass is 10.1. The summed E-state index contributed by atoms with van der Waals surface area (Å²) in [7, 11) is 0. The first kappa shape index (κ1) is 11.0. The summed E-state index contributed by atoms with van der Waals surface area (Å²) >= 11 is 5.41. The van der Waals surface area contributed by atoms with Crippen LogP contribution in [-0.2, 0) is 6.42 Å². The number of halogens is 2. The molecule has 2 nitrogen and oxygen atoms in total. The van der Waals surface area contributed by atoms with Gasteiger partial charge >= 0.3 is 5.97 Å². The summed E-state index contributed by atoms with van der Waals surface area (Å²) in [6.45, 7) is 2.00. The van der Waals surface area contributed by atoms with Crippen LogP contribution in [0.4, 0.5) is 0 Å². The normalized spacial score (nSPS) is 10.1. The molecule has 0 aromatic heterocycles. The van der Waals surface area contributed by atoms with E-state index in [2.05, 4.69) is 38.5 Å². The second kappa shape index (κ2) is 4.41. The van der Waals surface area contributed by atoms with Crippen molar-refractivity contribution in [3.8, 4) is 0 Å². The highest BCUT2D eigenvalue weighted by Crippen LogP contribution is 2.25. The van der Waals surface area contributed by atoms with Crippen molar-refractivity contribution in [2.75, 3.05) is 0 Å². The van der Waals surface area contributed by atoms with Gasteiger partial charge in [0, 0.05) is 8.04 Å². The molecule has 13 heavy (non-hydrogen) atoms. The standard InChI is InChI=1S/C9H8BrIO2/c1-2-5-3-6(11)4-7(8(5)10)9(12)13/h3-4H,2H2,1H3,(H,12,13). The van der Waals surface area contributed by atoms with Crippen LogP contribution in [0.3, 0.4) is 0 Å². The summed E-state index contributed by atoms with van der Waals surface area (Å²) in [4.78, 5) is 10.8. The zero-order valence-corrected chi connectivity index (χ0v) is 10.7. The van der Waals surface area contributed by atoms with Crippen LogP contribution in [0.15, 0.2) is 16.6 Å². The maximum atomic E-state index is 10.8. The van der Waals surface area contributed by atoms with E-state index in [0.29, 0.717) is 10.0 Å². The van der Waals surface area contributed by atoms with Crippen LogP contribution in [0.2, 0.25) is 0 Å². The van der Waals surface area contributed by atoms with Crippen molar-refractivity contribution in [2.24, 2.45) is 0 Å². The second-order valence-corrected chi connectivity index (χ2v) is 4.62. The number of hydrogen-bond donors (Lipinski definition) is 1. The molecule has 0 bridgehead atoms. The van der Waals surface area contributed by atoms with Gasteiger partial charge in [-0.25, -0.2) is 4.79 Å². The van der Waals surface area contributed by atoms with Gasteiger partial charge in [-0.05, 0) is 62.6 Å². The molecule has 0 atom stereocenters. The van der Waals surface area contributed by atoms with Crippen molar-refractivity contribution in [1.29, 1.82) is 0 Å². The van der Waals surface area contributed by atoms with Gasteiger partial charge in [0.15, 0.2) is 0 Å². The number of rotatable bonds is 2. The molecule has 1 rings (SSSR count). The van der Waals surface area contributed by atoms with Gasteiger partial charge in [0.05, 0.1) is 5.56 Å². The van der Waals surface area contributed by atoms with E-state index in [9.17, 15) is 4.79 Å². The van der Waals surface area contributed by atoms with Crippen LogP contribution in [0.1, 0.15) is 22.8 Å². The Morgan fingerprint density at radius 3 is 2.69 bits per heavy atom. The summed E-state index contributed by atoms with van der Waals surface area (Å²) in [5, 5.41) is 8.88. The average molecular weight is 355 g/mol. The van der Waals surface area contributed by atoms with E-state index in [1.54, 1.807) is 6.07 Å². The van der Waals surface area contributed by atoms with Crippen molar-refractivity contribution < 1.29 is 9.90 Å². The number of carboxylic acids is 1. The SMILES string of the molecule is CCc1cc(I)cc(C(=O)O)c1Br. The third-order valence-electron chi connectivity index (χ3n) is 1.72. The number of hydrogen-bond acceptors (Lipinski definition) is 1. The van der Waals surface area contributed by atoms with Gasteiger partial charge in [0.2, 0.25) is 0 Å². The monoisotopic (exact) mass is 354 g/mol. The van der Waals surface area contributed by atoms with Crippen LogP contribution in [0.5, 0.6) is 0 Å². The van der Waals surface area contributed by atoms with Gasteiger partial charge in [-0.2, -0.15) is 0 Å². The highest BCUT2D eigenvalue weighted by atomic mass is 127. The van der Waals surface area contributed by atoms with Crippen LogP contribution in [-0.4, -0.2) is 11.1 Å². The Kier molecular flexibility index (Phi) is 3.73. The smallest absolute Gasteiger partial charge is 0.336 e. The molecule has 1 N–H and O–H groups in total. The van der Waals surface area contributed by atoms with E-state index in [4.69, 9.17) is 5.11 Å². The summed E-state index contributed by atoms with van der Waals surface area (Å²) < 4.78 is 1.65. The zero-order chi connectivity index (χ0) is 10.0. The van der Waals surface area contributed by atoms with E-state index < -0.39 is 5.97 Å². The maximum absolute atomic E-state index is 10.8. The lowest BCUT2D eigenvalue weighted by molar-refractivity contribution is 0.0695. The number of aryl methyl sites for hydroxylation is 1. The Bertz CT molecular complexity index is 350. The molecule has 1 aromatic carbocycles. The second-order valence-electron chi connectivity index (χ2n) is 2.59. The summed E-state index contributed by atoms with van der Waals surface area (Å²) in [5.41, 5.74) is 1.37. The maximum Gasteiger partial charge on any atom is 0.336 e. The summed E-state index contributed by atoms with van der Waals surface area (Å²) in [6, 6.07) is 3.64. The fourth-order valence-electron chi connectivity index (χ4n) is 1.06. The van der Waals surface area contributed by atoms with E-state index in [-0.39, 0.29) is 0 Å². The van der Waals surface area contributed by atoms with Crippen molar-refractivity contribution in [3.63, 3.8) is 0 Å². The van der Waals surface area contributed by atoms with Crippen LogP contribution >= 0.6 is 38.5 Å². The van der Waals surface area contributed by atoms with Crippen molar-refractivity contribution in [2.45, 2.75) is 13.3 Å². The fraction of sp³-hybridized carbons (Fsp3) is 0.222. The van der Waals surface area contributed by atoms with E-state index in [1.165, 1.54) is 0 Å². The van der Waals surface area contributed by atoms with Crippen molar-refractivity contribution >= 4 is 44.5 Å². The first-order valence-corrected chi connectivity index (χ1v) is 5.64. The molecule has 0 radical (unpaired) electrons. The van der Waals surface area contributed by atoms with Gasteiger partial charge in [-0.15, -0.1) is 0 Å². The molecule has 0 heterocycles. The Labute approximate surface area is 98.6 Å². The van der Waals surface area contributed by atoms with Crippen LogP contribution in [0, 0.1) is 3.57 Å². The Balaban J connectivity index is 3.35. The van der Waals surface area contributed by atoms with Gasteiger partial charge in [-0.3, -0.25) is 0 Å². The molecule has 0 fully saturated rings. The first-order valence-electron chi connectivity index (χ1n) is 3.77. The molecule has 0 amide bonds. The molecule has 0 aliphatic carbocycles. The van der Waals surface area contributed by atoms with Crippen LogP contribution < -0.4 is 0 Å². The molecule has 1 aromatic rings. The summed E-state index contributed by atoms with van der Waals surface area (Å²) in [6.07, 6.45) is 0.831. The highest BCUT2D eigenvalue weighted by molar-refractivity contribution is 14.1. The topological polar surface area (TPSA) is 37.3 Å². The van der Waals surface area contributed by atoms with E-state index >= 15 is 0 Å². The van der Waals surface area contributed by atoms with Gasteiger partial charge in [0.1, 0.15) is 0 Å². The number of benzene rings is 1. The molecule has 0 aliphatic rings. The molecular formula is C9H8BrIO2. The zero-order valence-electron chi connectivity index (χ0n) is 6.97. The third kappa shape index (κ3) is 2.43. The predicted molar refractivity (Wildman–Crippen MR) is 63.2 cm³/mol. The van der Waals surface area contributed by atoms with E-state index in [0.717, 1.165) is 15.6 Å². The largest absolute Gasteiger partial charge is 0.478 e. The van der Waals surface area contributed by atoms with E-state index in [1.807, 2.05) is 13.0 Å². The van der Waals surface area contributed by atoms with Crippen molar-refractivity contribution in [3.05, 3.63) is 31.3 Å². The molecular weight excluding hydrogens is 347 g/mol. The van der Waals surface area contributed by atoms with Gasteiger partial charge < -0.3 is 5.11 Å². The highest BCUT2D eigenvalue weighted by Gasteiger charge is 2.12. The first-order chi connectivity index (χ1) is 6.06. The molecule has 0 spiro atoms. The molecule has 0 aliphatic heterocycles. The average Bonchev–Trinajstić information content (AvgIpc) is 2.08. The Hall–Kier alpha value is -0.100. The molecule has 4 heteroatoms. The Morgan fingerprint density at radius 1 is 1.62 bits per heavy atom. The lowest BCUT2D eigenvalue weighted by Crippen LogP contribution is -2.01. The number of aromatic carboxylic acids is 1. The number of carbonyl (C=O) groups is 1. The predicted octanol–water partition coefficient (Wildman–Crippen LogP) is 3.31. The molecule has 0 unspecified atom stereocenters. The molecule has 70 valence electrons.